The SMILES string of the molecule is COCCC(C)C1(CNC(C)C)CC2CC2C1. The smallest absolute Gasteiger partial charge is 0.0465 e. The molecule has 0 heterocycles. The van der Waals surface area contributed by atoms with Gasteiger partial charge in [-0.1, -0.05) is 20.8 Å². The Morgan fingerprint density at radius 1 is 1.24 bits per heavy atom. The number of rotatable bonds is 7. The van der Waals surface area contributed by atoms with Crippen LogP contribution in [0, 0.1) is 23.2 Å². The predicted molar refractivity (Wildman–Crippen MR) is 72.1 cm³/mol. The summed E-state index contributed by atoms with van der Waals surface area (Å²) < 4.78 is 5.26. The summed E-state index contributed by atoms with van der Waals surface area (Å²) in [5.41, 5.74) is 0.566. The Morgan fingerprint density at radius 2 is 1.88 bits per heavy atom. The highest BCUT2D eigenvalue weighted by Gasteiger charge is 2.55. The highest BCUT2D eigenvalue weighted by atomic mass is 16.5. The summed E-state index contributed by atoms with van der Waals surface area (Å²) in [5, 5.41) is 3.69. The first kappa shape index (κ1) is 13.4. The van der Waals surface area contributed by atoms with Gasteiger partial charge < -0.3 is 10.1 Å². The predicted octanol–water partition coefficient (Wildman–Crippen LogP) is 3.07. The highest BCUT2D eigenvalue weighted by molar-refractivity contribution is 5.05. The van der Waals surface area contributed by atoms with Gasteiger partial charge in [-0.2, -0.15) is 0 Å². The molecule has 0 aliphatic heterocycles. The molecule has 0 bridgehead atoms. The van der Waals surface area contributed by atoms with Crippen LogP contribution >= 0.6 is 0 Å². The van der Waals surface area contributed by atoms with Crippen LogP contribution in [-0.4, -0.2) is 26.3 Å². The lowest BCUT2D eigenvalue weighted by Crippen LogP contribution is -2.41. The fourth-order valence-electron chi connectivity index (χ4n) is 3.67. The zero-order valence-electron chi connectivity index (χ0n) is 12.0. The third kappa shape index (κ3) is 3.03. The molecule has 0 amide bonds. The van der Waals surface area contributed by atoms with Crippen LogP contribution in [0.25, 0.3) is 0 Å². The van der Waals surface area contributed by atoms with Gasteiger partial charge in [-0.25, -0.2) is 0 Å². The molecular formula is C15H29NO. The van der Waals surface area contributed by atoms with Crippen molar-refractivity contribution in [3.63, 3.8) is 0 Å². The fraction of sp³-hybridized carbons (Fsp3) is 1.00. The van der Waals surface area contributed by atoms with E-state index in [9.17, 15) is 0 Å². The van der Waals surface area contributed by atoms with Gasteiger partial charge in [-0.3, -0.25) is 0 Å². The van der Waals surface area contributed by atoms with Crippen molar-refractivity contribution in [2.24, 2.45) is 23.2 Å². The number of fused-ring (bicyclic) bond motifs is 1. The molecule has 2 aliphatic rings. The summed E-state index contributed by atoms with van der Waals surface area (Å²) >= 11 is 0. The van der Waals surface area contributed by atoms with Gasteiger partial charge >= 0.3 is 0 Å². The lowest BCUT2D eigenvalue weighted by atomic mass is 9.71. The Bertz CT molecular complexity index is 241. The van der Waals surface area contributed by atoms with Crippen molar-refractivity contribution in [2.75, 3.05) is 20.3 Å². The molecule has 2 saturated carbocycles. The zero-order chi connectivity index (χ0) is 12.5. The van der Waals surface area contributed by atoms with Gasteiger partial charge in [-0.05, 0) is 48.9 Å². The van der Waals surface area contributed by atoms with Crippen molar-refractivity contribution in [1.82, 2.24) is 5.32 Å². The van der Waals surface area contributed by atoms with Crippen molar-refractivity contribution in [2.45, 2.75) is 52.5 Å². The lowest BCUT2D eigenvalue weighted by molar-refractivity contribution is 0.102. The second-order valence-electron chi connectivity index (χ2n) is 6.74. The van der Waals surface area contributed by atoms with E-state index in [0.717, 1.165) is 24.4 Å². The average Bonchev–Trinajstić information content (AvgIpc) is 2.91. The van der Waals surface area contributed by atoms with Gasteiger partial charge in [0.2, 0.25) is 0 Å². The lowest BCUT2D eigenvalue weighted by Gasteiger charge is -2.38. The standard InChI is InChI=1S/C15H29NO/c1-11(2)16-10-15(12(3)5-6-17-4)8-13-7-14(13)9-15/h11-14,16H,5-10H2,1-4H3. The van der Waals surface area contributed by atoms with Gasteiger partial charge in [0.25, 0.3) is 0 Å². The van der Waals surface area contributed by atoms with E-state index in [1.54, 1.807) is 0 Å². The van der Waals surface area contributed by atoms with Crippen molar-refractivity contribution in [3.8, 4) is 0 Å². The van der Waals surface area contributed by atoms with E-state index in [1.807, 2.05) is 7.11 Å². The Labute approximate surface area is 107 Å². The average molecular weight is 239 g/mol. The van der Waals surface area contributed by atoms with Crippen LogP contribution < -0.4 is 5.32 Å². The summed E-state index contributed by atoms with van der Waals surface area (Å²) in [5.74, 6) is 2.92. The molecule has 0 saturated heterocycles. The minimum Gasteiger partial charge on any atom is -0.385 e. The quantitative estimate of drug-likeness (QED) is 0.737. The van der Waals surface area contributed by atoms with Crippen LogP contribution in [-0.2, 0) is 4.74 Å². The first-order valence-corrected chi connectivity index (χ1v) is 7.30. The van der Waals surface area contributed by atoms with Crippen molar-refractivity contribution in [3.05, 3.63) is 0 Å². The summed E-state index contributed by atoms with van der Waals surface area (Å²) in [7, 11) is 1.82. The Morgan fingerprint density at radius 3 is 2.41 bits per heavy atom. The largest absolute Gasteiger partial charge is 0.385 e. The summed E-state index contributed by atoms with van der Waals surface area (Å²) in [6.07, 6.45) is 5.65. The van der Waals surface area contributed by atoms with Gasteiger partial charge in [0.05, 0.1) is 0 Å². The number of nitrogens with one attached hydrogen (secondary N) is 1. The maximum atomic E-state index is 5.26. The topological polar surface area (TPSA) is 21.3 Å². The molecule has 2 heteroatoms. The molecule has 0 spiro atoms. The van der Waals surface area contributed by atoms with Crippen molar-refractivity contribution < 1.29 is 4.74 Å². The fourth-order valence-corrected chi connectivity index (χ4v) is 3.67. The normalized spacial score (nSPS) is 37.2. The molecule has 0 aromatic rings. The molecule has 3 atom stereocenters. The number of hydrogen-bond donors (Lipinski definition) is 1. The zero-order valence-corrected chi connectivity index (χ0v) is 12.0. The van der Waals surface area contributed by atoms with E-state index < -0.39 is 0 Å². The first-order chi connectivity index (χ1) is 8.07. The van der Waals surface area contributed by atoms with Crippen LogP contribution in [0.5, 0.6) is 0 Å². The molecule has 100 valence electrons. The number of ether oxygens (including phenoxy) is 1. The highest BCUT2D eigenvalue weighted by Crippen LogP contribution is 2.62. The minimum atomic E-state index is 0.566. The molecule has 2 rings (SSSR count). The van der Waals surface area contributed by atoms with Crippen molar-refractivity contribution >= 4 is 0 Å². The Balaban J connectivity index is 1.92. The third-order valence-corrected chi connectivity index (χ3v) is 5.07. The van der Waals surface area contributed by atoms with E-state index >= 15 is 0 Å². The second kappa shape index (κ2) is 5.27. The molecule has 2 aliphatic carbocycles. The number of methoxy groups -OCH3 is 1. The number of hydrogen-bond acceptors (Lipinski definition) is 2. The molecule has 17 heavy (non-hydrogen) atoms. The van der Waals surface area contributed by atoms with E-state index in [1.165, 1.54) is 32.2 Å². The molecule has 2 fully saturated rings. The summed E-state index contributed by atoms with van der Waals surface area (Å²) in [6, 6.07) is 0.610. The second-order valence-corrected chi connectivity index (χ2v) is 6.74. The molecule has 0 aromatic heterocycles. The van der Waals surface area contributed by atoms with E-state index in [0.29, 0.717) is 11.5 Å². The Hall–Kier alpha value is -0.0800. The first-order valence-electron chi connectivity index (χ1n) is 7.30. The summed E-state index contributed by atoms with van der Waals surface area (Å²) in [4.78, 5) is 0. The van der Waals surface area contributed by atoms with Gasteiger partial charge in [-0.15, -0.1) is 0 Å². The van der Waals surface area contributed by atoms with E-state index in [2.05, 4.69) is 26.1 Å². The maximum absolute atomic E-state index is 5.26. The van der Waals surface area contributed by atoms with Gasteiger partial charge in [0.1, 0.15) is 0 Å². The summed E-state index contributed by atoms with van der Waals surface area (Å²) in [6.45, 7) is 9.07. The van der Waals surface area contributed by atoms with E-state index in [4.69, 9.17) is 4.74 Å². The molecule has 0 radical (unpaired) electrons. The molecule has 3 unspecified atom stereocenters. The van der Waals surface area contributed by atoms with Crippen LogP contribution in [0.3, 0.4) is 0 Å². The maximum Gasteiger partial charge on any atom is 0.0465 e. The van der Waals surface area contributed by atoms with Gasteiger partial charge in [0, 0.05) is 26.3 Å². The van der Waals surface area contributed by atoms with Crippen LogP contribution in [0.4, 0.5) is 0 Å². The Kier molecular flexibility index (Phi) is 4.14. The van der Waals surface area contributed by atoms with Crippen LogP contribution in [0.15, 0.2) is 0 Å². The van der Waals surface area contributed by atoms with Crippen LogP contribution in [0.1, 0.15) is 46.5 Å². The molecular weight excluding hydrogens is 210 g/mol. The van der Waals surface area contributed by atoms with Crippen LogP contribution in [0.2, 0.25) is 0 Å². The third-order valence-electron chi connectivity index (χ3n) is 5.07. The van der Waals surface area contributed by atoms with E-state index in [-0.39, 0.29) is 0 Å². The monoisotopic (exact) mass is 239 g/mol. The van der Waals surface area contributed by atoms with Crippen molar-refractivity contribution in [1.29, 1.82) is 0 Å². The van der Waals surface area contributed by atoms with Gasteiger partial charge in [0.15, 0.2) is 0 Å². The molecule has 1 N–H and O–H groups in total. The molecule has 2 nitrogen and oxygen atoms in total. The molecule has 0 aromatic carbocycles. The minimum absolute atomic E-state index is 0.566.